The van der Waals surface area contributed by atoms with Crippen LogP contribution in [0.4, 0.5) is 14.9 Å². The van der Waals surface area contributed by atoms with E-state index in [2.05, 4.69) is 0 Å². The molecular formula is C22H22ClFN2O5. The van der Waals surface area contributed by atoms with Gasteiger partial charge in [0.15, 0.2) is 5.75 Å². The molecule has 0 saturated heterocycles. The Balaban J connectivity index is 2.32. The van der Waals surface area contributed by atoms with Crippen LogP contribution in [0.2, 0.25) is 5.02 Å². The summed E-state index contributed by atoms with van der Waals surface area (Å²) in [4.78, 5) is 25.9. The quantitative estimate of drug-likeness (QED) is 0.552. The molecule has 2 N–H and O–H groups in total. The van der Waals surface area contributed by atoms with Crippen LogP contribution in [0.1, 0.15) is 24.1 Å². The lowest BCUT2D eigenvalue weighted by molar-refractivity contribution is 0.143. The summed E-state index contributed by atoms with van der Waals surface area (Å²) < 4.78 is 20.7. The molecule has 1 aromatic heterocycles. The van der Waals surface area contributed by atoms with Crippen LogP contribution in [-0.4, -0.2) is 41.6 Å². The molecule has 7 nitrogen and oxygen atoms in total. The Kier molecular flexibility index (Phi) is 6.52. The molecule has 0 aliphatic heterocycles. The second-order valence-electron chi connectivity index (χ2n) is 7.42. The average Bonchev–Trinajstić information content (AvgIpc) is 2.72. The standard InChI is InChI=1S/C22H22ClFN2O5/c1-12(11-27)26-10-18(31-22(29)30)21(28)15-8-13(9-17(20(15)26)25(2)3)7-14-5-4-6-16(23)19(14)24/h4-6,8-10,12,27H,7,11H2,1-3H3,(H,29,30)/t12-/m0/s1. The van der Waals surface area contributed by atoms with E-state index < -0.39 is 23.4 Å². The lowest BCUT2D eigenvalue weighted by Crippen LogP contribution is -2.22. The number of ether oxygens (including phenoxy) is 1. The van der Waals surface area contributed by atoms with Crippen molar-refractivity contribution < 1.29 is 24.1 Å². The monoisotopic (exact) mass is 448 g/mol. The van der Waals surface area contributed by atoms with E-state index in [-0.39, 0.29) is 29.2 Å². The molecule has 3 rings (SSSR count). The van der Waals surface area contributed by atoms with Crippen molar-refractivity contribution in [1.29, 1.82) is 0 Å². The van der Waals surface area contributed by atoms with Gasteiger partial charge in [-0.25, -0.2) is 9.18 Å². The highest BCUT2D eigenvalue weighted by molar-refractivity contribution is 6.30. The molecule has 0 aliphatic rings. The maximum atomic E-state index is 14.4. The van der Waals surface area contributed by atoms with Crippen LogP contribution >= 0.6 is 11.6 Å². The van der Waals surface area contributed by atoms with Crippen molar-refractivity contribution in [3.8, 4) is 5.75 Å². The van der Waals surface area contributed by atoms with E-state index in [0.717, 1.165) is 0 Å². The largest absolute Gasteiger partial charge is 0.511 e. The first-order valence-corrected chi connectivity index (χ1v) is 9.85. The number of aromatic nitrogens is 1. The molecule has 0 radical (unpaired) electrons. The number of rotatable bonds is 6. The Labute approximate surface area is 182 Å². The second kappa shape index (κ2) is 8.95. The second-order valence-corrected chi connectivity index (χ2v) is 7.83. The number of pyridine rings is 1. The maximum Gasteiger partial charge on any atom is 0.511 e. The van der Waals surface area contributed by atoms with Crippen LogP contribution in [0.25, 0.3) is 10.9 Å². The highest BCUT2D eigenvalue weighted by Crippen LogP contribution is 2.31. The van der Waals surface area contributed by atoms with Crippen molar-refractivity contribution >= 4 is 34.3 Å². The van der Waals surface area contributed by atoms with E-state index in [9.17, 15) is 19.1 Å². The molecule has 31 heavy (non-hydrogen) atoms. The van der Waals surface area contributed by atoms with Gasteiger partial charge >= 0.3 is 6.16 Å². The smallest absolute Gasteiger partial charge is 0.449 e. The van der Waals surface area contributed by atoms with Crippen molar-refractivity contribution in [1.82, 2.24) is 4.57 Å². The predicted molar refractivity (Wildman–Crippen MR) is 117 cm³/mol. The van der Waals surface area contributed by atoms with Crippen molar-refractivity contribution in [3.63, 3.8) is 0 Å². The van der Waals surface area contributed by atoms with Crippen molar-refractivity contribution in [3.05, 3.63) is 68.7 Å². The van der Waals surface area contributed by atoms with Crippen LogP contribution in [0, 0.1) is 5.82 Å². The third kappa shape index (κ3) is 4.50. The SMILES string of the molecule is C[C@@H](CO)n1cc(OC(=O)O)c(=O)c2cc(Cc3cccc(Cl)c3F)cc(N(C)C)c21. The fourth-order valence-corrected chi connectivity index (χ4v) is 3.65. The molecule has 0 unspecified atom stereocenters. The molecular weight excluding hydrogens is 427 g/mol. The number of aliphatic hydroxyl groups excluding tert-OH is 1. The maximum absolute atomic E-state index is 14.4. The molecule has 0 saturated carbocycles. The highest BCUT2D eigenvalue weighted by Gasteiger charge is 2.20. The Morgan fingerprint density at radius 3 is 2.65 bits per heavy atom. The van der Waals surface area contributed by atoms with E-state index in [1.54, 1.807) is 48.7 Å². The molecule has 164 valence electrons. The number of hydrogen-bond acceptors (Lipinski definition) is 5. The minimum absolute atomic E-state index is 0.00222. The fraction of sp³-hybridized carbons (Fsp3) is 0.273. The van der Waals surface area contributed by atoms with Gasteiger partial charge in [0.2, 0.25) is 5.43 Å². The average molecular weight is 449 g/mol. The fourth-order valence-electron chi connectivity index (χ4n) is 3.45. The van der Waals surface area contributed by atoms with Gasteiger partial charge in [-0.3, -0.25) is 4.79 Å². The summed E-state index contributed by atoms with van der Waals surface area (Å²) in [6.07, 6.45) is -0.171. The normalized spacial score (nSPS) is 12.1. The number of hydrogen-bond donors (Lipinski definition) is 2. The molecule has 1 atom stereocenters. The van der Waals surface area contributed by atoms with Gasteiger partial charge in [0.05, 0.1) is 40.5 Å². The number of aliphatic hydroxyl groups is 1. The van der Waals surface area contributed by atoms with E-state index in [0.29, 0.717) is 22.3 Å². The summed E-state index contributed by atoms with van der Waals surface area (Å²) in [6, 6.07) is 7.64. The van der Waals surface area contributed by atoms with Crippen LogP contribution in [0.5, 0.6) is 5.75 Å². The molecule has 2 aromatic carbocycles. The van der Waals surface area contributed by atoms with Gasteiger partial charge in [-0.15, -0.1) is 0 Å². The summed E-state index contributed by atoms with van der Waals surface area (Å²) >= 11 is 5.89. The number of fused-ring (bicyclic) bond motifs is 1. The first-order chi connectivity index (χ1) is 14.6. The number of halogens is 2. The van der Waals surface area contributed by atoms with Crippen LogP contribution in [-0.2, 0) is 6.42 Å². The van der Waals surface area contributed by atoms with Gasteiger partial charge in [0.1, 0.15) is 5.82 Å². The van der Waals surface area contributed by atoms with Crippen molar-refractivity contribution in [2.45, 2.75) is 19.4 Å². The highest BCUT2D eigenvalue weighted by atomic mass is 35.5. The molecule has 0 bridgehead atoms. The van der Waals surface area contributed by atoms with Crippen molar-refractivity contribution in [2.75, 3.05) is 25.6 Å². The molecule has 3 aromatic rings. The molecule has 0 amide bonds. The van der Waals surface area contributed by atoms with E-state index >= 15 is 0 Å². The minimum Gasteiger partial charge on any atom is -0.449 e. The minimum atomic E-state index is -1.62. The molecule has 0 fully saturated rings. The van der Waals surface area contributed by atoms with E-state index in [4.69, 9.17) is 21.4 Å². The van der Waals surface area contributed by atoms with Gasteiger partial charge in [-0.05, 0) is 36.2 Å². The Hall–Kier alpha value is -3.10. The summed E-state index contributed by atoms with van der Waals surface area (Å²) in [6.45, 7) is 1.48. The first kappa shape index (κ1) is 22.6. The van der Waals surface area contributed by atoms with Gasteiger partial charge in [-0.2, -0.15) is 0 Å². The Bertz CT molecular complexity index is 1210. The molecule has 0 spiro atoms. The van der Waals surface area contributed by atoms with Crippen molar-refractivity contribution in [2.24, 2.45) is 0 Å². The van der Waals surface area contributed by atoms with Crippen LogP contribution in [0.15, 0.2) is 41.3 Å². The number of benzene rings is 2. The zero-order valence-corrected chi connectivity index (χ0v) is 18.0. The van der Waals surface area contributed by atoms with Gasteiger partial charge in [-0.1, -0.05) is 23.7 Å². The summed E-state index contributed by atoms with van der Waals surface area (Å²) in [5.41, 5.74) is 1.53. The number of nitrogens with zero attached hydrogens (tertiary/aromatic N) is 2. The predicted octanol–water partition coefficient (Wildman–Crippen LogP) is 4.06. The van der Waals surface area contributed by atoms with Crippen LogP contribution < -0.4 is 15.1 Å². The number of anilines is 1. The lowest BCUT2D eigenvalue weighted by atomic mass is 10.00. The zero-order chi connectivity index (χ0) is 22.9. The van der Waals surface area contributed by atoms with Crippen LogP contribution in [0.3, 0.4) is 0 Å². The summed E-state index contributed by atoms with van der Waals surface area (Å²) in [7, 11) is 3.58. The van der Waals surface area contributed by atoms with E-state index in [1.807, 2.05) is 6.07 Å². The van der Waals surface area contributed by atoms with Gasteiger partial charge < -0.3 is 24.4 Å². The summed E-state index contributed by atoms with van der Waals surface area (Å²) in [5.74, 6) is -0.916. The molecule has 9 heteroatoms. The molecule has 0 aliphatic carbocycles. The van der Waals surface area contributed by atoms with Gasteiger partial charge in [0, 0.05) is 20.5 Å². The summed E-state index contributed by atoms with van der Waals surface area (Å²) in [5, 5.41) is 18.9. The van der Waals surface area contributed by atoms with Gasteiger partial charge in [0.25, 0.3) is 0 Å². The third-order valence-corrected chi connectivity index (χ3v) is 5.27. The number of carbonyl (C=O) groups is 1. The zero-order valence-electron chi connectivity index (χ0n) is 17.2. The topological polar surface area (TPSA) is 92.0 Å². The first-order valence-electron chi connectivity index (χ1n) is 9.47. The number of carboxylic acid groups (broad SMARTS) is 1. The lowest BCUT2D eigenvalue weighted by Gasteiger charge is -2.24. The molecule has 1 heterocycles. The van der Waals surface area contributed by atoms with E-state index in [1.165, 1.54) is 12.3 Å². The Morgan fingerprint density at radius 2 is 2.03 bits per heavy atom. The third-order valence-electron chi connectivity index (χ3n) is 4.98. The Morgan fingerprint density at radius 1 is 1.32 bits per heavy atom.